The lowest BCUT2D eigenvalue weighted by Crippen LogP contribution is -2.42. The number of halogens is 1. The van der Waals surface area contributed by atoms with Gasteiger partial charge in [0.05, 0.1) is 11.7 Å². The van der Waals surface area contributed by atoms with Gasteiger partial charge in [0.1, 0.15) is 11.4 Å². The molecule has 0 bridgehead atoms. The molecule has 0 unspecified atom stereocenters. The van der Waals surface area contributed by atoms with E-state index in [0.717, 1.165) is 10.9 Å². The number of ether oxygens (including phenoxy) is 1. The molecule has 0 fully saturated rings. The lowest BCUT2D eigenvalue weighted by atomic mass is 9.88. The van der Waals surface area contributed by atoms with Crippen LogP contribution >= 0.6 is 11.6 Å². The Bertz CT molecular complexity index is 1250. The standard InChI is InChI=1S/C21H23ClN6O2/c1-11(21(2,3)4)25-20(29)30-16-10-24-19-18(16)26-14(9-23-19)17-13-8-12(22)6-7-15(13)28(5)27-17/h6-11H,1-5H3,(H,23,24)(H,25,29)/t11-/m0/s1. The molecule has 1 amide bonds. The lowest BCUT2D eigenvalue weighted by Gasteiger charge is -2.27. The molecule has 2 N–H and O–H groups in total. The highest BCUT2D eigenvalue weighted by atomic mass is 35.5. The molecule has 30 heavy (non-hydrogen) atoms. The number of hydrogen-bond donors (Lipinski definition) is 2. The van der Waals surface area contributed by atoms with Gasteiger partial charge in [-0.05, 0) is 30.5 Å². The highest BCUT2D eigenvalue weighted by Crippen LogP contribution is 2.31. The minimum absolute atomic E-state index is 0.0681. The summed E-state index contributed by atoms with van der Waals surface area (Å²) >= 11 is 6.18. The number of nitrogens with zero attached hydrogens (tertiary/aromatic N) is 4. The van der Waals surface area contributed by atoms with E-state index in [2.05, 4.69) is 25.4 Å². The molecule has 1 atom stereocenters. The molecule has 0 aliphatic rings. The third kappa shape index (κ3) is 3.70. The van der Waals surface area contributed by atoms with Crippen molar-refractivity contribution in [3.05, 3.63) is 35.6 Å². The molecule has 1 aromatic carbocycles. The first-order valence-corrected chi connectivity index (χ1v) is 9.96. The second-order valence-corrected chi connectivity index (χ2v) is 8.80. The number of aromatic nitrogens is 5. The van der Waals surface area contributed by atoms with Crippen molar-refractivity contribution in [2.45, 2.75) is 33.7 Å². The highest BCUT2D eigenvalue weighted by molar-refractivity contribution is 6.31. The van der Waals surface area contributed by atoms with Crippen molar-refractivity contribution in [3.63, 3.8) is 0 Å². The summed E-state index contributed by atoms with van der Waals surface area (Å²) in [6.45, 7) is 8.08. The Kier molecular flexibility index (Phi) is 4.89. The van der Waals surface area contributed by atoms with E-state index in [1.807, 2.05) is 52.9 Å². The average molecular weight is 427 g/mol. The van der Waals surface area contributed by atoms with Crippen LogP contribution in [0.5, 0.6) is 5.75 Å². The molecule has 3 aromatic heterocycles. The fourth-order valence-corrected chi connectivity index (χ4v) is 3.18. The Balaban J connectivity index is 1.69. The number of carbonyl (C=O) groups excluding carboxylic acids is 1. The molecule has 0 saturated carbocycles. The fourth-order valence-electron chi connectivity index (χ4n) is 3.01. The Morgan fingerprint density at radius 2 is 2.10 bits per heavy atom. The first-order chi connectivity index (χ1) is 14.1. The predicted molar refractivity (Wildman–Crippen MR) is 117 cm³/mol. The average Bonchev–Trinajstić information content (AvgIpc) is 3.21. The summed E-state index contributed by atoms with van der Waals surface area (Å²) in [7, 11) is 1.86. The van der Waals surface area contributed by atoms with Gasteiger partial charge in [0.25, 0.3) is 0 Å². The third-order valence-corrected chi connectivity index (χ3v) is 5.47. The second-order valence-electron chi connectivity index (χ2n) is 8.36. The van der Waals surface area contributed by atoms with Gasteiger partial charge in [-0.1, -0.05) is 32.4 Å². The molecular weight excluding hydrogens is 404 g/mol. The summed E-state index contributed by atoms with van der Waals surface area (Å²) in [6, 6.07) is 5.51. The van der Waals surface area contributed by atoms with Crippen LogP contribution in [0, 0.1) is 5.41 Å². The summed E-state index contributed by atoms with van der Waals surface area (Å²) in [5, 5.41) is 8.90. The largest absolute Gasteiger partial charge is 0.412 e. The van der Waals surface area contributed by atoms with Gasteiger partial charge in [-0.15, -0.1) is 0 Å². The Morgan fingerprint density at radius 1 is 1.33 bits per heavy atom. The van der Waals surface area contributed by atoms with E-state index in [1.54, 1.807) is 17.1 Å². The molecular formula is C21H23ClN6O2. The van der Waals surface area contributed by atoms with E-state index >= 15 is 0 Å². The number of rotatable bonds is 3. The summed E-state index contributed by atoms with van der Waals surface area (Å²) < 4.78 is 7.27. The van der Waals surface area contributed by atoms with Gasteiger partial charge < -0.3 is 15.0 Å². The van der Waals surface area contributed by atoms with Crippen molar-refractivity contribution >= 4 is 39.8 Å². The van der Waals surface area contributed by atoms with Crippen LogP contribution in [-0.2, 0) is 7.05 Å². The van der Waals surface area contributed by atoms with Crippen LogP contribution in [0.4, 0.5) is 4.79 Å². The number of benzene rings is 1. The van der Waals surface area contributed by atoms with Gasteiger partial charge in [-0.25, -0.2) is 14.8 Å². The van der Waals surface area contributed by atoms with Crippen LogP contribution in [0.2, 0.25) is 5.02 Å². The van der Waals surface area contributed by atoms with E-state index < -0.39 is 6.09 Å². The zero-order valence-corrected chi connectivity index (χ0v) is 18.2. The number of fused-ring (bicyclic) bond motifs is 2. The molecule has 0 spiro atoms. The third-order valence-electron chi connectivity index (χ3n) is 5.24. The summed E-state index contributed by atoms with van der Waals surface area (Å²) in [6.07, 6.45) is 2.66. The number of hydrogen-bond acceptors (Lipinski definition) is 5. The van der Waals surface area contributed by atoms with Gasteiger partial charge in [0, 0.05) is 29.7 Å². The molecule has 3 heterocycles. The number of H-pyrrole nitrogens is 1. The van der Waals surface area contributed by atoms with Crippen LogP contribution in [0.15, 0.2) is 30.6 Å². The van der Waals surface area contributed by atoms with E-state index in [1.165, 1.54) is 0 Å². The van der Waals surface area contributed by atoms with Crippen LogP contribution in [-0.4, -0.2) is 36.9 Å². The summed E-state index contributed by atoms with van der Waals surface area (Å²) in [5.74, 6) is 0.302. The maximum Gasteiger partial charge on any atom is 0.412 e. The summed E-state index contributed by atoms with van der Waals surface area (Å²) in [4.78, 5) is 24.4. The van der Waals surface area contributed by atoms with E-state index in [4.69, 9.17) is 16.3 Å². The molecule has 0 saturated heterocycles. The maximum atomic E-state index is 12.4. The number of aryl methyl sites for hydroxylation is 1. The first-order valence-electron chi connectivity index (χ1n) is 9.58. The zero-order valence-electron chi connectivity index (χ0n) is 17.4. The van der Waals surface area contributed by atoms with Gasteiger partial charge in [0.2, 0.25) is 0 Å². The monoisotopic (exact) mass is 426 g/mol. The van der Waals surface area contributed by atoms with Crippen LogP contribution in [0.25, 0.3) is 33.5 Å². The minimum atomic E-state index is -0.541. The first kappa shape index (κ1) is 20.2. The molecule has 8 nitrogen and oxygen atoms in total. The van der Waals surface area contributed by atoms with Crippen molar-refractivity contribution < 1.29 is 9.53 Å². The van der Waals surface area contributed by atoms with E-state index in [9.17, 15) is 4.79 Å². The number of aromatic amines is 1. The van der Waals surface area contributed by atoms with Crippen molar-refractivity contribution in [2.75, 3.05) is 0 Å². The second kappa shape index (κ2) is 7.28. The van der Waals surface area contributed by atoms with Crippen LogP contribution in [0.3, 0.4) is 0 Å². The lowest BCUT2D eigenvalue weighted by molar-refractivity contribution is 0.184. The predicted octanol–water partition coefficient (Wildman–Crippen LogP) is 4.69. The molecule has 0 aliphatic carbocycles. The van der Waals surface area contributed by atoms with Crippen molar-refractivity contribution in [1.29, 1.82) is 0 Å². The highest BCUT2D eigenvalue weighted by Gasteiger charge is 2.23. The van der Waals surface area contributed by atoms with E-state index in [0.29, 0.717) is 33.3 Å². The summed E-state index contributed by atoms with van der Waals surface area (Å²) in [5.41, 5.74) is 3.02. The van der Waals surface area contributed by atoms with Crippen molar-refractivity contribution in [1.82, 2.24) is 30.0 Å². The number of carbonyl (C=O) groups is 1. The molecule has 0 aliphatic heterocycles. The van der Waals surface area contributed by atoms with Crippen LogP contribution in [0.1, 0.15) is 27.7 Å². The van der Waals surface area contributed by atoms with Gasteiger partial charge >= 0.3 is 6.09 Å². The molecule has 4 rings (SSSR count). The smallest absolute Gasteiger partial charge is 0.406 e. The molecule has 156 valence electrons. The van der Waals surface area contributed by atoms with Gasteiger partial charge in [0.15, 0.2) is 16.9 Å². The molecule has 0 radical (unpaired) electrons. The maximum absolute atomic E-state index is 12.4. The van der Waals surface area contributed by atoms with Crippen molar-refractivity contribution in [2.24, 2.45) is 12.5 Å². The normalized spacial score (nSPS) is 13.0. The van der Waals surface area contributed by atoms with Crippen molar-refractivity contribution in [3.8, 4) is 17.1 Å². The number of nitrogens with one attached hydrogen (secondary N) is 2. The van der Waals surface area contributed by atoms with Crippen LogP contribution < -0.4 is 10.1 Å². The van der Waals surface area contributed by atoms with E-state index in [-0.39, 0.29) is 11.5 Å². The zero-order chi connectivity index (χ0) is 21.6. The minimum Gasteiger partial charge on any atom is -0.406 e. The Hall–Kier alpha value is -3.13. The molecule has 9 heteroatoms. The topological polar surface area (TPSA) is 97.7 Å². The van der Waals surface area contributed by atoms with Gasteiger partial charge in [-0.2, -0.15) is 5.10 Å². The number of amides is 1. The fraction of sp³-hybridized carbons (Fsp3) is 0.333. The van der Waals surface area contributed by atoms with Gasteiger partial charge in [-0.3, -0.25) is 4.68 Å². The quantitative estimate of drug-likeness (QED) is 0.495. The molecule has 4 aromatic rings. The SMILES string of the molecule is C[C@H](NC(=O)Oc1c[nH]c2ncc(-c3nn(C)c4ccc(Cl)cc34)nc12)C(C)(C)C. The Morgan fingerprint density at radius 3 is 2.83 bits per heavy atom. The Labute approximate surface area is 178 Å².